The van der Waals surface area contributed by atoms with Gasteiger partial charge in [0.1, 0.15) is 0 Å². The monoisotopic (exact) mass is 288 g/mol. The minimum atomic E-state index is -3.39. The summed E-state index contributed by atoms with van der Waals surface area (Å²) in [4.78, 5) is 14.3. The fourth-order valence-corrected chi connectivity index (χ4v) is 3.17. The van der Waals surface area contributed by atoms with Gasteiger partial charge in [-0.05, 0) is 26.8 Å². The number of aryl methyl sites for hydroxylation is 1. The molecule has 19 heavy (non-hydrogen) atoms. The Balaban J connectivity index is 2.73. The lowest BCUT2D eigenvalue weighted by molar-refractivity contribution is 0.0599. The summed E-state index contributed by atoms with van der Waals surface area (Å²) in [5, 5.41) is 0. The van der Waals surface area contributed by atoms with Gasteiger partial charge in [-0.1, -0.05) is 0 Å². The average molecular weight is 288 g/mol. The second-order valence-electron chi connectivity index (χ2n) is 5.28. The minimum Gasteiger partial charge on any atom is -0.465 e. The number of esters is 1. The topological polar surface area (TPSA) is 88.3 Å². The van der Waals surface area contributed by atoms with E-state index in [-0.39, 0.29) is 12.2 Å². The van der Waals surface area contributed by atoms with Crippen molar-refractivity contribution >= 4 is 16.0 Å². The van der Waals surface area contributed by atoms with Crippen LogP contribution in [-0.2, 0) is 21.2 Å². The van der Waals surface area contributed by atoms with Crippen LogP contribution in [0.3, 0.4) is 0 Å². The lowest BCUT2D eigenvalue weighted by Crippen LogP contribution is -2.42. The normalized spacial score (nSPS) is 12.4. The summed E-state index contributed by atoms with van der Waals surface area (Å²) in [7, 11) is -2.10. The minimum absolute atomic E-state index is 0.0885. The van der Waals surface area contributed by atoms with E-state index in [4.69, 9.17) is 0 Å². The number of methoxy groups -OCH3 is 1. The fraction of sp³-hybridized carbons (Fsp3) is 0.583. The molecule has 1 aromatic heterocycles. The molecule has 0 aliphatic carbocycles. The molecule has 0 atom stereocenters. The molecule has 0 aliphatic rings. The highest BCUT2D eigenvalue weighted by Crippen LogP contribution is 2.11. The van der Waals surface area contributed by atoms with E-state index >= 15 is 0 Å². The molecule has 0 fully saturated rings. The van der Waals surface area contributed by atoms with Crippen molar-refractivity contribution in [2.45, 2.75) is 32.7 Å². The molecule has 0 radical (unpaired) electrons. The van der Waals surface area contributed by atoms with Crippen molar-refractivity contribution in [2.24, 2.45) is 0 Å². The number of hydrogen-bond donors (Lipinski definition) is 2. The Morgan fingerprint density at radius 1 is 1.42 bits per heavy atom. The van der Waals surface area contributed by atoms with Crippen molar-refractivity contribution in [2.75, 3.05) is 12.9 Å². The number of hydrogen-bond acceptors (Lipinski definition) is 4. The van der Waals surface area contributed by atoms with Gasteiger partial charge in [0.05, 0.1) is 18.4 Å². The number of aromatic nitrogens is 1. The number of carbonyl (C=O) groups is 1. The predicted molar refractivity (Wildman–Crippen MR) is 72.5 cm³/mol. The highest BCUT2D eigenvalue weighted by Gasteiger charge is 2.21. The van der Waals surface area contributed by atoms with E-state index in [1.54, 1.807) is 33.0 Å². The quantitative estimate of drug-likeness (QED) is 0.793. The molecule has 0 unspecified atom stereocenters. The van der Waals surface area contributed by atoms with Gasteiger partial charge in [-0.2, -0.15) is 0 Å². The Hall–Kier alpha value is -1.34. The lowest BCUT2D eigenvalue weighted by Gasteiger charge is -2.20. The molecule has 1 rings (SSSR count). The third kappa shape index (κ3) is 5.04. The maximum Gasteiger partial charge on any atom is 0.339 e. The molecule has 0 aromatic carbocycles. The van der Waals surface area contributed by atoms with Gasteiger partial charge in [-0.15, -0.1) is 0 Å². The maximum absolute atomic E-state index is 11.9. The highest BCUT2D eigenvalue weighted by molar-refractivity contribution is 7.89. The summed E-state index contributed by atoms with van der Waals surface area (Å²) in [6.07, 6.45) is 1.81. The molecule has 6 nitrogen and oxygen atoms in total. The largest absolute Gasteiger partial charge is 0.465 e. The Morgan fingerprint density at radius 3 is 2.58 bits per heavy atom. The molecule has 0 aliphatic heterocycles. The van der Waals surface area contributed by atoms with E-state index in [1.807, 2.05) is 0 Å². The summed E-state index contributed by atoms with van der Waals surface area (Å²) in [6, 6.07) is 1.57. The van der Waals surface area contributed by atoms with Crippen molar-refractivity contribution in [3.63, 3.8) is 0 Å². The first-order valence-corrected chi connectivity index (χ1v) is 7.56. The first kappa shape index (κ1) is 15.7. The zero-order chi connectivity index (χ0) is 14.7. The molecule has 2 N–H and O–H groups in total. The fourth-order valence-electron chi connectivity index (χ4n) is 1.67. The van der Waals surface area contributed by atoms with Gasteiger partial charge < -0.3 is 9.72 Å². The molecule has 7 heteroatoms. The van der Waals surface area contributed by atoms with Gasteiger partial charge in [0, 0.05) is 23.9 Å². The zero-order valence-electron chi connectivity index (χ0n) is 11.6. The van der Waals surface area contributed by atoms with E-state index in [2.05, 4.69) is 14.4 Å². The van der Waals surface area contributed by atoms with Crippen LogP contribution >= 0.6 is 0 Å². The molecule has 108 valence electrons. The molecule has 0 saturated carbocycles. The van der Waals surface area contributed by atoms with Gasteiger partial charge in [0.15, 0.2) is 0 Å². The number of nitrogens with one attached hydrogen (secondary N) is 2. The van der Waals surface area contributed by atoms with Crippen LogP contribution < -0.4 is 4.72 Å². The SMILES string of the molecule is COC(=O)c1cc[nH]c1CCS(=O)(=O)NC(C)(C)C. The van der Waals surface area contributed by atoms with Gasteiger partial charge >= 0.3 is 5.97 Å². The molecule has 0 saturated heterocycles. The van der Waals surface area contributed by atoms with Crippen LogP contribution in [0.5, 0.6) is 0 Å². The predicted octanol–water partition coefficient (Wildman–Crippen LogP) is 1.06. The number of H-pyrrole nitrogens is 1. The number of sulfonamides is 1. The number of ether oxygens (including phenoxy) is 1. The summed E-state index contributed by atoms with van der Waals surface area (Å²) in [5.41, 5.74) is 0.416. The van der Waals surface area contributed by atoms with Crippen LogP contribution in [0, 0.1) is 0 Å². The average Bonchev–Trinajstić information content (AvgIpc) is 2.70. The summed E-state index contributed by atoms with van der Waals surface area (Å²) in [5.74, 6) is -0.563. The Bertz CT molecular complexity index is 540. The van der Waals surface area contributed by atoms with Gasteiger partial charge in [-0.25, -0.2) is 17.9 Å². The van der Waals surface area contributed by atoms with E-state index in [9.17, 15) is 13.2 Å². The van der Waals surface area contributed by atoms with Gasteiger partial charge in [-0.3, -0.25) is 0 Å². The number of aromatic amines is 1. The molecule has 1 heterocycles. The first-order valence-electron chi connectivity index (χ1n) is 5.91. The maximum atomic E-state index is 11.9. The summed E-state index contributed by atoms with van der Waals surface area (Å²) < 4.78 is 30.9. The Morgan fingerprint density at radius 2 is 2.05 bits per heavy atom. The van der Waals surface area contributed by atoms with E-state index in [0.717, 1.165) is 0 Å². The second kappa shape index (κ2) is 5.75. The molecular formula is C12H20N2O4S. The molecular weight excluding hydrogens is 268 g/mol. The van der Waals surface area contributed by atoms with Crippen molar-refractivity contribution in [3.05, 3.63) is 23.5 Å². The van der Waals surface area contributed by atoms with Gasteiger partial charge in [0.25, 0.3) is 0 Å². The molecule has 0 spiro atoms. The van der Waals surface area contributed by atoms with Crippen LogP contribution in [0.4, 0.5) is 0 Å². The molecule has 0 amide bonds. The third-order valence-corrected chi connectivity index (χ3v) is 3.99. The number of rotatable bonds is 5. The van der Waals surface area contributed by atoms with E-state index < -0.39 is 21.5 Å². The Labute approximate surface area is 113 Å². The van der Waals surface area contributed by atoms with Crippen molar-refractivity contribution in [1.29, 1.82) is 0 Å². The summed E-state index contributed by atoms with van der Waals surface area (Å²) >= 11 is 0. The van der Waals surface area contributed by atoms with Crippen LogP contribution in [0.1, 0.15) is 36.8 Å². The van der Waals surface area contributed by atoms with Gasteiger partial charge in [0.2, 0.25) is 10.0 Å². The van der Waals surface area contributed by atoms with Crippen LogP contribution in [-0.4, -0.2) is 37.8 Å². The zero-order valence-corrected chi connectivity index (χ0v) is 12.4. The summed E-state index contributed by atoms with van der Waals surface area (Å²) in [6.45, 7) is 5.33. The smallest absolute Gasteiger partial charge is 0.339 e. The highest BCUT2D eigenvalue weighted by atomic mass is 32.2. The van der Waals surface area contributed by atoms with Crippen LogP contribution in [0.25, 0.3) is 0 Å². The van der Waals surface area contributed by atoms with E-state index in [0.29, 0.717) is 11.3 Å². The van der Waals surface area contributed by atoms with E-state index in [1.165, 1.54) is 7.11 Å². The number of carbonyl (C=O) groups excluding carboxylic acids is 1. The third-order valence-electron chi connectivity index (χ3n) is 2.32. The molecule has 0 bridgehead atoms. The first-order chi connectivity index (χ1) is 8.64. The Kier molecular flexibility index (Phi) is 4.75. The van der Waals surface area contributed by atoms with Crippen molar-refractivity contribution in [3.8, 4) is 0 Å². The molecule has 1 aromatic rings. The van der Waals surface area contributed by atoms with Crippen molar-refractivity contribution < 1.29 is 17.9 Å². The van der Waals surface area contributed by atoms with Crippen LogP contribution in [0.15, 0.2) is 12.3 Å². The lowest BCUT2D eigenvalue weighted by atomic mass is 10.1. The standard InChI is InChI=1S/C12H20N2O4S/c1-12(2,3)14-19(16,17)8-6-10-9(5-7-13-10)11(15)18-4/h5,7,13-14H,6,8H2,1-4H3. The van der Waals surface area contributed by atoms with Crippen LogP contribution in [0.2, 0.25) is 0 Å². The second-order valence-corrected chi connectivity index (χ2v) is 7.12. The van der Waals surface area contributed by atoms with Crippen molar-refractivity contribution in [1.82, 2.24) is 9.71 Å².